The fraction of sp³-hybridized carbons (Fsp3) is 0.444. The number of carbonyl (C=O) groups is 3. The maximum Gasteiger partial charge on any atom is 0.328 e. The zero-order valence-corrected chi connectivity index (χ0v) is 23.0. The molecule has 1 aromatic heterocycles. The van der Waals surface area contributed by atoms with Gasteiger partial charge in [-0.2, -0.15) is 5.10 Å². The zero-order chi connectivity index (χ0) is 27.8. The lowest BCUT2D eigenvalue weighted by Crippen LogP contribution is -2.54. The van der Waals surface area contributed by atoms with Crippen LogP contribution >= 0.6 is 11.8 Å². The highest BCUT2D eigenvalue weighted by Gasteiger charge is 2.30. The topological polar surface area (TPSA) is 129 Å². The van der Waals surface area contributed by atoms with Gasteiger partial charge < -0.3 is 20.1 Å². The second-order valence-electron chi connectivity index (χ2n) is 9.42. The highest BCUT2D eigenvalue weighted by molar-refractivity contribution is 8.02. The Morgan fingerprint density at radius 2 is 1.87 bits per heavy atom. The van der Waals surface area contributed by atoms with Crippen LogP contribution in [0.15, 0.2) is 46.7 Å². The summed E-state index contributed by atoms with van der Waals surface area (Å²) in [7, 11) is 4.28. The number of nitrogens with one attached hydrogen (secondary N) is 2. The Morgan fingerprint density at radius 1 is 1.16 bits per heavy atom. The van der Waals surface area contributed by atoms with E-state index < -0.39 is 24.0 Å². The van der Waals surface area contributed by atoms with E-state index in [1.807, 2.05) is 25.3 Å². The molecule has 0 bridgehead atoms. The summed E-state index contributed by atoms with van der Waals surface area (Å²) in [5, 5.41) is 11.5. The highest BCUT2D eigenvalue weighted by Crippen LogP contribution is 2.26. The molecule has 11 heteroatoms. The molecule has 1 aliphatic rings. The lowest BCUT2D eigenvalue weighted by molar-refractivity contribution is -0.145. The quantitative estimate of drug-likeness (QED) is 0.413. The number of rotatable bonds is 11. The number of nitrogens with zero attached hydrogens (tertiary/aromatic N) is 2. The van der Waals surface area contributed by atoms with Gasteiger partial charge in [-0.3, -0.25) is 14.4 Å². The minimum absolute atomic E-state index is 0.147. The summed E-state index contributed by atoms with van der Waals surface area (Å²) in [5.41, 5.74) is 1.44. The number of carbonyl (C=O) groups excluding carboxylic acids is 3. The lowest BCUT2D eigenvalue weighted by Gasteiger charge is -2.25. The minimum atomic E-state index is -0.964. The summed E-state index contributed by atoms with van der Waals surface area (Å²) >= 11 is 1.66. The van der Waals surface area contributed by atoms with E-state index in [4.69, 9.17) is 9.47 Å². The molecule has 3 rings (SSSR count). The van der Waals surface area contributed by atoms with E-state index in [9.17, 15) is 19.2 Å². The smallest absolute Gasteiger partial charge is 0.328 e. The molecule has 0 spiro atoms. The van der Waals surface area contributed by atoms with Gasteiger partial charge in [0, 0.05) is 25.6 Å². The van der Waals surface area contributed by atoms with Crippen LogP contribution < -0.4 is 20.9 Å². The number of benzene rings is 1. The van der Waals surface area contributed by atoms with Crippen LogP contribution in [0.1, 0.15) is 25.8 Å². The van der Waals surface area contributed by atoms with Gasteiger partial charge in [0.1, 0.15) is 12.1 Å². The summed E-state index contributed by atoms with van der Waals surface area (Å²) in [6.07, 6.45) is 3.93. The van der Waals surface area contributed by atoms with E-state index in [1.165, 1.54) is 25.1 Å². The van der Waals surface area contributed by atoms with Gasteiger partial charge in [-0.25, -0.2) is 9.48 Å². The molecule has 0 saturated carbocycles. The van der Waals surface area contributed by atoms with E-state index in [0.29, 0.717) is 23.3 Å². The molecule has 3 atom stereocenters. The summed E-state index contributed by atoms with van der Waals surface area (Å²) in [5.74, 6) is -0.117. The van der Waals surface area contributed by atoms with Gasteiger partial charge in [-0.15, -0.1) is 11.8 Å². The normalized spacial score (nSPS) is 16.1. The van der Waals surface area contributed by atoms with Gasteiger partial charge in [0.2, 0.25) is 11.8 Å². The molecular formula is C27H34N4O6S. The number of aryl methyl sites for hydroxylation is 1. The van der Waals surface area contributed by atoms with Crippen LogP contribution in [-0.4, -0.2) is 59.6 Å². The summed E-state index contributed by atoms with van der Waals surface area (Å²) in [6.45, 7) is 3.67. The Balaban J connectivity index is 1.73. The second kappa shape index (κ2) is 13.3. The number of thioether (sulfide) groups is 1. The van der Waals surface area contributed by atoms with Crippen LogP contribution in [0.3, 0.4) is 0 Å². The molecule has 10 nitrogen and oxygen atoms in total. The molecule has 2 amide bonds. The van der Waals surface area contributed by atoms with Crippen LogP contribution in [0.4, 0.5) is 0 Å². The fourth-order valence-corrected chi connectivity index (χ4v) is 5.04. The van der Waals surface area contributed by atoms with Crippen molar-refractivity contribution in [3.8, 4) is 16.9 Å². The molecular weight excluding hydrogens is 508 g/mol. The monoisotopic (exact) mass is 542 g/mol. The molecule has 0 radical (unpaired) electrons. The molecule has 1 unspecified atom stereocenters. The number of hydrogen-bond donors (Lipinski definition) is 2. The molecule has 38 heavy (non-hydrogen) atoms. The predicted molar refractivity (Wildman–Crippen MR) is 146 cm³/mol. The van der Waals surface area contributed by atoms with Crippen molar-refractivity contribution in [3.63, 3.8) is 0 Å². The highest BCUT2D eigenvalue weighted by atomic mass is 32.2. The second-order valence-corrected chi connectivity index (χ2v) is 10.4. The van der Waals surface area contributed by atoms with Crippen LogP contribution in [-0.2, 0) is 32.6 Å². The van der Waals surface area contributed by atoms with E-state index in [-0.39, 0.29) is 29.7 Å². The molecule has 0 aliphatic carbocycles. The number of methoxy groups -OCH3 is 2. The first-order valence-electron chi connectivity index (χ1n) is 12.3. The molecule has 2 N–H and O–H groups in total. The van der Waals surface area contributed by atoms with E-state index in [2.05, 4.69) is 15.7 Å². The molecule has 0 saturated heterocycles. The zero-order valence-electron chi connectivity index (χ0n) is 22.2. The van der Waals surface area contributed by atoms with E-state index in [1.54, 1.807) is 43.1 Å². The van der Waals surface area contributed by atoms with Crippen LogP contribution in [0.2, 0.25) is 0 Å². The molecule has 2 aromatic rings. The Hall–Kier alpha value is -3.60. The third-order valence-electron chi connectivity index (χ3n) is 6.28. The van der Waals surface area contributed by atoms with Gasteiger partial charge in [-0.1, -0.05) is 44.2 Å². The summed E-state index contributed by atoms with van der Waals surface area (Å²) < 4.78 is 11.5. The first-order chi connectivity index (χ1) is 18.1. The van der Waals surface area contributed by atoms with E-state index >= 15 is 0 Å². The third-order valence-corrected chi connectivity index (χ3v) is 7.25. The van der Waals surface area contributed by atoms with Crippen molar-refractivity contribution in [1.29, 1.82) is 0 Å². The SMILES string of the molecule is COC(=O)[C@H](Cc1ccc(-c2c(OC)cnn(C)c2=O)cc1)NC(=O)[C@H](NC(=O)CC1C=CSC1)C(C)C. The van der Waals surface area contributed by atoms with Crippen LogP contribution in [0, 0.1) is 11.8 Å². The average Bonchev–Trinajstić information content (AvgIpc) is 3.41. The van der Waals surface area contributed by atoms with Gasteiger partial charge in [0.15, 0.2) is 5.75 Å². The number of amides is 2. The Morgan fingerprint density at radius 3 is 2.45 bits per heavy atom. The third kappa shape index (κ3) is 7.25. The summed E-state index contributed by atoms with van der Waals surface area (Å²) in [4.78, 5) is 50.9. The van der Waals surface area contributed by atoms with Crippen molar-refractivity contribution in [2.75, 3.05) is 20.0 Å². The first-order valence-corrected chi connectivity index (χ1v) is 13.3. The van der Waals surface area contributed by atoms with Crippen molar-refractivity contribution in [3.05, 3.63) is 57.9 Å². The number of ether oxygens (including phenoxy) is 2. The Labute approximate surface area is 226 Å². The number of esters is 1. The molecule has 1 aromatic carbocycles. The van der Waals surface area contributed by atoms with Gasteiger partial charge in [0.05, 0.1) is 26.0 Å². The van der Waals surface area contributed by atoms with Gasteiger partial charge >= 0.3 is 5.97 Å². The van der Waals surface area contributed by atoms with Crippen molar-refractivity contribution in [2.24, 2.45) is 18.9 Å². The van der Waals surface area contributed by atoms with Gasteiger partial charge in [-0.05, 0) is 28.4 Å². The van der Waals surface area contributed by atoms with Gasteiger partial charge in [0.25, 0.3) is 5.56 Å². The number of aromatic nitrogens is 2. The first kappa shape index (κ1) is 29.0. The minimum Gasteiger partial charge on any atom is -0.494 e. The maximum absolute atomic E-state index is 13.1. The van der Waals surface area contributed by atoms with Crippen molar-refractivity contribution >= 4 is 29.5 Å². The van der Waals surface area contributed by atoms with Crippen LogP contribution in [0.5, 0.6) is 5.75 Å². The number of allylic oxidation sites excluding steroid dienone is 1. The standard InChI is InChI=1S/C27H34N4O6S/c1-16(2)24(30-22(32)13-18-10-11-38-15-18)25(33)29-20(27(35)37-5)12-17-6-8-19(9-7-17)23-21(36-4)14-28-31(3)26(23)34/h6-11,14,16,18,20,24H,12-13,15H2,1-5H3,(H,29,33)(H,30,32)/t18?,20-,24+/m0/s1. The van der Waals surface area contributed by atoms with Crippen LogP contribution in [0.25, 0.3) is 11.1 Å². The summed E-state index contributed by atoms with van der Waals surface area (Å²) in [6, 6.07) is 5.27. The van der Waals surface area contributed by atoms with Crippen molar-refractivity contribution in [2.45, 2.75) is 38.8 Å². The van der Waals surface area contributed by atoms with Crippen molar-refractivity contribution < 1.29 is 23.9 Å². The molecule has 2 heterocycles. The Bertz CT molecular complexity index is 1240. The van der Waals surface area contributed by atoms with E-state index in [0.717, 1.165) is 11.3 Å². The maximum atomic E-state index is 13.1. The molecule has 1 aliphatic heterocycles. The predicted octanol–water partition coefficient (Wildman–Crippen LogP) is 2.06. The number of hydrogen-bond acceptors (Lipinski definition) is 8. The van der Waals surface area contributed by atoms with Crippen molar-refractivity contribution in [1.82, 2.24) is 20.4 Å². The largest absolute Gasteiger partial charge is 0.494 e. The Kier molecular flexibility index (Phi) is 10.1. The lowest BCUT2D eigenvalue weighted by atomic mass is 9.99. The molecule has 204 valence electrons. The fourth-order valence-electron chi connectivity index (χ4n) is 4.12. The average molecular weight is 543 g/mol. The molecule has 0 fully saturated rings.